The Morgan fingerprint density at radius 2 is 1.93 bits per heavy atom. The predicted molar refractivity (Wildman–Crippen MR) is 118 cm³/mol. The van der Waals surface area contributed by atoms with E-state index in [9.17, 15) is 4.79 Å². The van der Waals surface area contributed by atoms with E-state index in [4.69, 9.17) is 0 Å². The summed E-state index contributed by atoms with van der Waals surface area (Å²) in [5.41, 5.74) is 1.16. The number of piperidine rings is 1. The number of hydrogen-bond acceptors (Lipinski definition) is 7. The van der Waals surface area contributed by atoms with Gasteiger partial charge in [-0.15, -0.1) is 0 Å². The molecule has 0 bridgehead atoms. The lowest BCUT2D eigenvalue weighted by Crippen LogP contribution is -2.49. The van der Waals surface area contributed by atoms with Crippen LogP contribution in [0.1, 0.15) is 18.5 Å². The third-order valence-electron chi connectivity index (χ3n) is 6.30. The number of carbonyl (C=O) groups excluding carboxylic acids is 1. The minimum Gasteiger partial charge on any atom is -0.356 e. The Bertz CT molecular complexity index is 838. The van der Waals surface area contributed by atoms with Crippen LogP contribution in [0.4, 0.5) is 11.6 Å². The van der Waals surface area contributed by atoms with E-state index in [1.54, 1.807) is 11.2 Å². The Morgan fingerprint density at radius 1 is 1.10 bits per heavy atom. The van der Waals surface area contributed by atoms with Gasteiger partial charge in [0.2, 0.25) is 5.91 Å². The van der Waals surface area contributed by atoms with E-state index in [0.717, 1.165) is 69.3 Å². The zero-order valence-corrected chi connectivity index (χ0v) is 17.9. The molecule has 2 aliphatic rings. The number of rotatable bonds is 6. The minimum atomic E-state index is 0.132. The van der Waals surface area contributed by atoms with Crippen molar-refractivity contribution in [3.8, 4) is 0 Å². The summed E-state index contributed by atoms with van der Waals surface area (Å²) in [4.78, 5) is 34.0. The Morgan fingerprint density at radius 3 is 2.67 bits per heavy atom. The third-order valence-corrected chi connectivity index (χ3v) is 6.30. The second kappa shape index (κ2) is 9.38. The molecule has 0 radical (unpaired) electrons. The van der Waals surface area contributed by atoms with E-state index >= 15 is 0 Å². The van der Waals surface area contributed by atoms with Crippen molar-refractivity contribution < 1.29 is 4.79 Å². The first-order valence-electron chi connectivity index (χ1n) is 10.8. The molecule has 30 heavy (non-hydrogen) atoms. The Labute approximate surface area is 178 Å². The maximum absolute atomic E-state index is 12.0. The van der Waals surface area contributed by atoms with E-state index in [2.05, 4.69) is 43.9 Å². The number of amides is 1. The first-order valence-corrected chi connectivity index (χ1v) is 10.8. The van der Waals surface area contributed by atoms with Crippen LogP contribution in [0.3, 0.4) is 0 Å². The monoisotopic (exact) mass is 409 g/mol. The molecule has 2 aromatic rings. The molecule has 0 N–H and O–H groups in total. The van der Waals surface area contributed by atoms with Crippen LogP contribution in [-0.2, 0) is 11.2 Å². The highest BCUT2D eigenvalue weighted by atomic mass is 16.2. The highest BCUT2D eigenvalue weighted by Crippen LogP contribution is 2.23. The molecular formula is C22H31N7O. The topological polar surface area (TPSA) is 68.7 Å². The molecule has 0 aliphatic carbocycles. The molecule has 160 valence electrons. The maximum atomic E-state index is 12.0. The summed E-state index contributed by atoms with van der Waals surface area (Å²) in [5, 5.41) is 0. The molecule has 8 nitrogen and oxygen atoms in total. The molecule has 2 aromatic heterocycles. The SMILES string of the molecule is CN1CCN(c2cc(N(C)C3CCN(CCc4ccccn4)CC3)ncn2)CC1=O. The van der Waals surface area contributed by atoms with Crippen molar-refractivity contribution in [1.29, 1.82) is 0 Å². The molecule has 4 rings (SSSR count). The van der Waals surface area contributed by atoms with Crippen molar-refractivity contribution in [2.75, 3.05) is 63.2 Å². The van der Waals surface area contributed by atoms with Gasteiger partial charge in [-0.05, 0) is 25.0 Å². The number of carbonyl (C=O) groups is 1. The average Bonchev–Trinajstić information content (AvgIpc) is 2.80. The number of nitrogens with zero attached hydrogens (tertiary/aromatic N) is 7. The molecule has 1 amide bonds. The first-order chi connectivity index (χ1) is 14.6. The van der Waals surface area contributed by atoms with Gasteiger partial charge in [0.1, 0.15) is 18.0 Å². The quantitative estimate of drug-likeness (QED) is 0.712. The van der Waals surface area contributed by atoms with Crippen LogP contribution in [0, 0.1) is 0 Å². The number of likely N-dealkylation sites (N-methyl/N-ethyl adjacent to an activating group) is 1. The number of likely N-dealkylation sites (tertiary alicyclic amines) is 1. The molecule has 8 heteroatoms. The van der Waals surface area contributed by atoms with Gasteiger partial charge in [-0.3, -0.25) is 9.78 Å². The Kier molecular flexibility index (Phi) is 6.42. The number of piperazine rings is 1. The van der Waals surface area contributed by atoms with E-state index in [1.807, 2.05) is 30.3 Å². The van der Waals surface area contributed by atoms with E-state index in [0.29, 0.717) is 12.6 Å². The van der Waals surface area contributed by atoms with Gasteiger partial charge < -0.3 is 19.6 Å². The predicted octanol–water partition coefficient (Wildman–Crippen LogP) is 1.29. The highest BCUT2D eigenvalue weighted by molar-refractivity contribution is 5.82. The molecule has 2 aliphatic heterocycles. The van der Waals surface area contributed by atoms with Crippen molar-refractivity contribution in [2.24, 2.45) is 0 Å². The van der Waals surface area contributed by atoms with Gasteiger partial charge >= 0.3 is 0 Å². The van der Waals surface area contributed by atoms with Crippen LogP contribution in [0.15, 0.2) is 36.8 Å². The number of aromatic nitrogens is 3. The van der Waals surface area contributed by atoms with Gasteiger partial charge in [0.25, 0.3) is 0 Å². The van der Waals surface area contributed by atoms with Crippen LogP contribution in [0.5, 0.6) is 0 Å². The van der Waals surface area contributed by atoms with Crippen molar-refractivity contribution in [1.82, 2.24) is 24.8 Å². The summed E-state index contributed by atoms with van der Waals surface area (Å²) in [6, 6.07) is 8.60. The van der Waals surface area contributed by atoms with Crippen molar-refractivity contribution in [3.05, 3.63) is 42.5 Å². The Hall–Kier alpha value is -2.74. The fourth-order valence-corrected chi connectivity index (χ4v) is 4.19. The van der Waals surface area contributed by atoms with Crippen LogP contribution in [0.2, 0.25) is 0 Å². The van der Waals surface area contributed by atoms with Gasteiger partial charge in [0.15, 0.2) is 0 Å². The second-order valence-corrected chi connectivity index (χ2v) is 8.23. The van der Waals surface area contributed by atoms with E-state index < -0.39 is 0 Å². The largest absolute Gasteiger partial charge is 0.356 e. The van der Waals surface area contributed by atoms with Crippen molar-refractivity contribution in [3.63, 3.8) is 0 Å². The van der Waals surface area contributed by atoms with Crippen LogP contribution in [0.25, 0.3) is 0 Å². The van der Waals surface area contributed by atoms with Gasteiger partial charge in [-0.25, -0.2) is 9.97 Å². The summed E-state index contributed by atoms with van der Waals surface area (Å²) in [6.45, 7) is 5.15. The molecule has 0 saturated carbocycles. The fourth-order valence-electron chi connectivity index (χ4n) is 4.19. The molecule has 0 aromatic carbocycles. The lowest BCUT2D eigenvalue weighted by Gasteiger charge is -2.37. The average molecular weight is 410 g/mol. The van der Waals surface area contributed by atoms with E-state index in [-0.39, 0.29) is 5.91 Å². The summed E-state index contributed by atoms with van der Waals surface area (Å²) in [5.74, 6) is 1.90. The summed E-state index contributed by atoms with van der Waals surface area (Å²) in [7, 11) is 3.97. The van der Waals surface area contributed by atoms with E-state index in [1.165, 1.54) is 0 Å². The second-order valence-electron chi connectivity index (χ2n) is 8.23. The highest BCUT2D eigenvalue weighted by Gasteiger charge is 2.25. The molecule has 2 saturated heterocycles. The zero-order chi connectivity index (χ0) is 20.9. The van der Waals surface area contributed by atoms with Gasteiger partial charge in [-0.2, -0.15) is 0 Å². The number of hydrogen-bond donors (Lipinski definition) is 0. The number of anilines is 2. The van der Waals surface area contributed by atoms with Gasteiger partial charge in [0, 0.05) is 77.2 Å². The van der Waals surface area contributed by atoms with Crippen molar-refractivity contribution in [2.45, 2.75) is 25.3 Å². The molecular weight excluding hydrogens is 378 g/mol. The molecule has 4 heterocycles. The van der Waals surface area contributed by atoms with Crippen LogP contribution >= 0.6 is 0 Å². The minimum absolute atomic E-state index is 0.132. The third kappa shape index (κ3) is 4.87. The molecule has 0 spiro atoms. The summed E-state index contributed by atoms with van der Waals surface area (Å²) < 4.78 is 0. The lowest BCUT2D eigenvalue weighted by molar-refractivity contribution is -0.129. The zero-order valence-electron chi connectivity index (χ0n) is 17.9. The smallest absolute Gasteiger partial charge is 0.241 e. The summed E-state index contributed by atoms with van der Waals surface area (Å²) in [6.07, 6.45) is 6.72. The van der Waals surface area contributed by atoms with Gasteiger partial charge in [-0.1, -0.05) is 6.07 Å². The Balaban J connectivity index is 1.31. The molecule has 0 unspecified atom stereocenters. The molecule has 0 atom stereocenters. The number of pyridine rings is 1. The van der Waals surface area contributed by atoms with Crippen LogP contribution < -0.4 is 9.80 Å². The summed E-state index contributed by atoms with van der Waals surface area (Å²) >= 11 is 0. The molecule has 2 fully saturated rings. The maximum Gasteiger partial charge on any atom is 0.241 e. The standard InChI is InChI=1S/C22H31N7O/c1-26-13-14-29(16-22(26)30)21-15-20(24-17-25-21)27(2)19-7-11-28(12-8-19)10-6-18-5-3-4-9-23-18/h3-5,9,15,17,19H,6-8,10-14,16H2,1-2H3. The fraction of sp³-hybridized carbons (Fsp3) is 0.545. The normalized spacial score (nSPS) is 18.7. The van der Waals surface area contributed by atoms with Crippen molar-refractivity contribution >= 4 is 17.5 Å². The lowest BCUT2D eigenvalue weighted by atomic mass is 10.0. The van der Waals surface area contributed by atoms with Crippen LogP contribution in [-0.4, -0.2) is 90.1 Å². The van der Waals surface area contributed by atoms with Gasteiger partial charge in [0.05, 0.1) is 6.54 Å². The first kappa shape index (κ1) is 20.5.